The van der Waals surface area contributed by atoms with Gasteiger partial charge in [0.25, 0.3) is 0 Å². The molecule has 0 amide bonds. The molecule has 0 aliphatic rings. The predicted octanol–water partition coefficient (Wildman–Crippen LogP) is 4.59. The SMILES string of the molecule is COc1ccc2nc(-c3cccnc3)nc(Nc3ccc4oc(OC)nc4c3)c2c1. The lowest BCUT2D eigenvalue weighted by Gasteiger charge is -2.12. The Morgan fingerprint density at radius 2 is 1.83 bits per heavy atom. The topological polar surface area (TPSA) is 95.2 Å². The molecule has 8 heteroatoms. The largest absolute Gasteiger partial charge is 0.497 e. The number of nitrogens with one attached hydrogen (secondary N) is 1. The van der Waals surface area contributed by atoms with E-state index >= 15 is 0 Å². The number of ether oxygens (including phenoxy) is 2. The maximum absolute atomic E-state index is 5.49. The second-order valence-electron chi connectivity index (χ2n) is 6.51. The van der Waals surface area contributed by atoms with Crippen molar-refractivity contribution in [3.8, 4) is 23.2 Å². The van der Waals surface area contributed by atoms with Gasteiger partial charge in [-0.2, -0.15) is 4.98 Å². The van der Waals surface area contributed by atoms with Crippen LogP contribution in [0.15, 0.2) is 65.3 Å². The van der Waals surface area contributed by atoms with Crippen LogP contribution < -0.4 is 14.8 Å². The van der Waals surface area contributed by atoms with Gasteiger partial charge in [0.1, 0.15) is 17.1 Å². The zero-order valence-corrected chi connectivity index (χ0v) is 16.3. The Labute approximate surface area is 171 Å². The van der Waals surface area contributed by atoms with E-state index in [1.807, 2.05) is 48.5 Å². The molecule has 0 radical (unpaired) electrons. The maximum Gasteiger partial charge on any atom is 0.394 e. The zero-order valence-electron chi connectivity index (χ0n) is 16.3. The van der Waals surface area contributed by atoms with Crippen LogP contribution in [-0.2, 0) is 0 Å². The van der Waals surface area contributed by atoms with E-state index in [1.165, 1.54) is 7.11 Å². The molecular weight excluding hydrogens is 382 g/mol. The van der Waals surface area contributed by atoms with Crippen molar-refractivity contribution < 1.29 is 13.9 Å². The molecule has 3 heterocycles. The van der Waals surface area contributed by atoms with Crippen LogP contribution in [-0.4, -0.2) is 34.2 Å². The summed E-state index contributed by atoms with van der Waals surface area (Å²) in [5.41, 5.74) is 3.74. The lowest BCUT2D eigenvalue weighted by Crippen LogP contribution is -2.00. The molecule has 0 fully saturated rings. The summed E-state index contributed by atoms with van der Waals surface area (Å²) in [7, 11) is 3.15. The Balaban J connectivity index is 1.64. The minimum Gasteiger partial charge on any atom is -0.497 e. The van der Waals surface area contributed by atoms with E-state index in [1.54, 1.807) is 19.5 Å². The fourth-order valence-corrected chi connectivity index (χ4v) is 3.16. The van der Waals surface area contributed by atoms with Gasteiger partial charge in [0, 0.05) is 29.0 Å². The molecule has 30 heavy (non-hydrogen) atoms. The molecular formula is C22H17N5O3. The fraction of sp³-hybridized carbons (Fsp3) is 0.0909. The van der Waals surface area contributed by atoms with Crippen molar-refractivity contribution in [2.75, 3.05) is 19.5 Å². The van der Waals surface area contributed by atoms with E-state index in [4.69, 9.17) is 23.9 Å². The predicted molar refractivity (Wildman–Crippen MR) is 113 cm³/mol. The molecule has 0 aliphatic heterocycles. The number of aromatic nitrogens is 4. The number of nitrogens with zero attached hydrogens (tertiary/aromatic N) is 4. The molecule has 0 unspecified atom stereocenters. The van der Waals surface area contributed by atoms with Crippen molar-refractivity contribution in [3.05, 3.63) is 60.9 Å². The summed E-state index contributed by atoms with van der Waals surface area (Å²) in [5.74, 6) is 1.94. The van der Waals surface area contributed by atoms with E-state index in [-0.39, 0.29) is 6.08 Å². The molecule has 0 atom stereocenters. The monoisotopic (exact) mass is 399 g/mol. The molecule has 148 valence electrons. The highest BCUT2D eigenvalue weighted by atomic mass is 16.6. The van der Waals surface area contributed by atoms with Crippen LogP contribution in [0.5, 0.6) is 11.8 Å². The molecule has 2 aromatic carbocycles. The molecule has 5 rings (SSSR count). The van der Waals surface area contributed by atoms with Crippen LogP contribution in [0.4, 0.5) is 11.5 Å². The maximum atomic E-state index is 5.49. The minimum absolute atomic E-state index is 0.221. The summed E-state index contributed by atoms with van der Waals surface area (Å²) in [6.45, 7) is 0. The highest BCUT2D eigenvalue weighted by molar-refractivity contribution is 5.94. The van der Waals surface area contributed by atoms with Gasteiger partial charge in [-0.3, -0.25) is 4.98 Å². The number of methoxy groups -OCH3 is 2. The van der Waals surface area contributed by atoms with Crippen molar-refractivity contribution in [2.24, 2.45) is 0 Å². The van der Waals surface area contributed by atoms with E-state index in [0.717, 1.165) is 27.9 Å². The Morgan fingerprint density at radius 1 is 0.900 bits per heavy atom. The normalized spacial score (nSPS) is 11.0. The smallest absolute Gasteiger partial charge is 0.394 e. The summed E-state index contributed by atoms with van der Waals surface area (Å²) in [6.07, 6.45) is 3.68. The van der Waals surface area contributed by atoms with Crippen molar-refractivity contribution in [2.45, 2.75) is 0 Å². The number of fused-ring (bicyclic) bond motifs is 2. The standard InChI is InChI=1S/C22H17N5O3/c1-28-15-6-7-17-16(11-15)21(27-20(25-17)13-4-3-9-23-12-13)24-14-5-8-19-18(10-14)26-22(29-2)30-19/h3-12H,1-2H3,(H,24,25,27). The summed E-state index contributed by atoms with van der Waals surface area (Å²) >= 11 is 0. The van der Waals surface area contributed by atoms with E-state index < -0.39 is 0 Å². The number of hydrogen-bond acceptors (Lipinski definition) is 8. The first-order valence-electron chi connectivity index (χ1n) is 9.21. The quantitative estimate of drug-likeness (QED) is 0.458. The molecule has 0 spiro atoms. The third-order valence-electron chi connectivity index (χ3n) is 4.63. The summed E-state index contributed by atoms with van der Waals surface area (Å²) in [6, 6.07) is 15.1. The van der Waals surface area contributed by atoms with Crippen LogP contribution >= 0.6 is 0 Å². The first kappa shape index (κ1) is 17.9. The number of pyridine rings is 1. The molecule has 1 N–H and O–H groups in total. The van der Waals surface area contributed by atoms with Crippen LogP contribution in [0.25, 0.3) is 33.4 Å². The Bertz CT molecular complexity index is 1350. The Morgan fingerprint density at radius 3 is 2.63 bits per heavy atom. The van der Waals surface area contributed by atoms with Gasteiger partial charge in [0.15, 0.2) is 11.4 Å². The fourth-order valence-electron chi connectivity index (χ4n) is 3.16. The highest BCUT2D eigenvalue weighted by Gasteiger charge is 2.13. The van der Waals surface area contributed by atoms with Gasteiger partial charge in [-0.15, -0.1) is 0 Å². The lowest BCUT2D eigenvalue weighted by atomic mass is 10.2. The molecule has 3 aromatic heterocycles. The van der Waals surface area contributed by atoms with Crippen molar-refractivity contribution >= 4 is 33.5 Å². The average molecular weight is 399 g/mol. The second kappa shape index (κ2) is 7.32. The summed E-state index contributed by atoms with van der Waals surface area (Å²) in [5, 5.41) is 4.21. The number of oxazole rings is 1. The van der Waals surface area contributed by atoms with Crippen LogP contribution in [0.3, 0.4) is 0 Å². The third-order valence-corrected chi connectivity index (χ3v) is 4.63. The van der Waals surface area contributed by atoms with Gasteiger partial charge in [0.2, 0.25) is 0 Å². The minimum atomic E-state index is 0.221. The number of hydrogen-bond donors (Lipinski definition) is 1. The van der Waals surface area contributed by atoms with Crippen molar-refractivity contribution in [3.63, 3.8) is 0 Å². The van der Waals surface area contributed by atoms with Gasteiger partial charge in [-0.05, 0) is 48.5 Å². The Hall–Kier alpha value is -4.20. The van der Waals surface area contributed by atoms with Crippen LogP contribution in [0.1, 0.15) is 0 Å². The molecule has 0 bridgehead atoms. The molecule has 5 aromatic rings. The average Bonchev–Trinajstić information content (AvgIpc) is 3.22. The molecule has 0 saturated carbocycles. The molecule has 0 saturated heterocycles. The van der Waals surface area contributed by atoms with Crippen LogP contribution in [0, 0.1) is 0 Å². The van der Waals surface area contributed by atoms with E-state index in [2.05, 4.69) is 15.3 Å². The van der Waals surface area contributed by atoms with Gasteiger partial charge >= 0.3 is 6.08 Å². The van der Waals surface area contributed by atoms with Crippen molar-refractivity contribution in [1.82, 2.24) is 19.9 Å². The van der Waals surface area contributed by atoms with Gasteiger partial charge in [-0.25, -0.2) is 9.97 Å². The Kier molecular flexibility index (Phi) is 4.36. The summed E-state index contributed by atoms with van der Waals surface area (Å²) in [4.78, 5) is 17.9. The molecule has 0 aliphatic carbocycles. The molecule has 8 nitrogen and oxygen atoms in total. The summed E-state index contributed by atoms with van der Waals surface area (Å²) < 4.78 is 15.9. The number of benzene rings is 2. The van der Waals surface area contributed by atoms with Crippen molar-refractivity contribution in [1.29, 1.82) is 0 Å². The van der Waals surface area contributed by atoms with E-state index in [9.17, 15) is 0 Å². The van der Waals surface area contributed by atoms with Crippen LogP contribution in [0.2, 0.25) is 0 Å². The third kappa shape index (κ3) is 3.24. The first-order chi connectivity index (χ1) is 14.7. The first-order valence-corrected chi connectivity index (χ1v) is 9.21. The number of rotatable bonds is 5. The lowest BCUT2D eigenvalue weighted by molar-refractivity contribution is 0.299. The zero-order chi connectivity index (χ0) is 20.5. The van der Waals surface area contributed by atoms with Gasteiger partial charge < -0.3 is 19.2 Å². The highest BCUT2D eigenvalue weighted by Crippen LogP contribution is 2.31. The second-order valence-corrected chi connectivity index (χ2v) is 6.51. The van der Waals surface area contributed by atoms with Gasteiger partial charge in [-0.1, -0.05) is 0 Å². The number of anilines is 2. The van der Waals surface area contributed by atoms with Gasteiger partial charge in [0.05, 0.1) is 19.7 Å². The van der Waals surface area contributed by atoms with E-state index in [0.29, 0.717) is 22.7 Å².